The molecule has 2 aliphatic heterocycles. The van der Waals surface area contributed by atoms with Gasteiger partial charge in [0.15, 0.2) is 0 Å². The van der Waals surface area contributed by atoms with Crippen molar-refractivity contribution in [2.45, 2.75) is 62.7 Å². The van der Waals surface area contributed by atoms with E-state index in [-0.39, 0.29) is 0 Å². The van der Waals surface area contributed by atoms with Crippen LogP contribution in [0.25, 0.3) is 0 Å². The standard InChI is InChI=1S/C22H30N4OS2/c27-21(7-2-1-6-20-10-16-28-29-20)25-13-8-18(9-14-25)22-24-12-15-26(22)17-19-5-3-4-11-23-19/h3-5,11-12,15,18,20H,1-2,6-10,13-14,16-17H2. The van der Waals surface area contributed by atoms with Crippen molar-refractivity contribution in [3.05, 3.63) is 48.3 Å². The third-order valence-corrected chi connectivity index (χ3v) is 8.92. The number of likely N-dealkylation sites (tertiary alicyclic amines) is 1. The van der Waals surface area contributed by atoms with Crippen LogP contribution in [0.3, 0.4) is 0 Å². The normalized spacial score (nSPS) is 20.3. The summed E-state index contributed by atoms with van der Waals surface area (Å²) >= 11 is 0. The van der Waals surface area contributed by atoms with Crippen molar-refractivity contribution in [1.29, 1.82) is 0 Å². The van der Waals surface area contributed by atoms with Crippen LogP contribution in [0.4, 0.5) is 0 Å². The Balaban J connectivity index is 1.21. The molecule has 4 rings (SSSR count). The molecule has 0 N–H and O–H groups in total. The average Bonchev–Trinajstić information content (AvgIpc) is 3.44. The Morgan fingerprint density at radius 3 is 2.76 bits per heavy atom. The van der Waals surface area contributed by atoms with Gasteiger partial charge < -0.3 is 9.47 Å². The molecule has 1 amide bonds. The molecule has 0 spiro atoms. The van der Waals surface area contributed by atoms with Crippen molar-refractivity contribution >= 4 is 27.5 Å². The van der Waals surface area contributed by atoms with Gasteiger partial charge in [-0.2, -0.15) is 0 Å². The van der Waals surface area contributed by atoms with E-state index in [1.54, 1.807) is 0 Å². The van der Waals surface area contributed by atoms with Crippen molar-refractivity contribution in [1.82, 2.24) is 19.4 Å². The quantitative estimate of drug-likeness (QED) is 0.447. The monoisotopic (exact) mass is 430 g/mol. The molecule has 0 aromatic carbocycles. The molecule has 5 nitrogen and oxygen atoms in total. The summed E-state index contributed by atoms with van der Waals surface area (Å²) in [6.07, 6.45) is 13.3. The van der Waals surface area contributed by atoms with E-state index < -0.39 is 0 Å². The van der Waals surface area contributed by atoms with Gasteiger partial charge >= 0.3 is 0 Å². The minimum atomic E-state index is 0.341. The Labute approximate surface area is 181 Å². The van der Waals surface area contributed by atoms with Gasteiger partial charge in [-0.3, -0.25) is 9.78 Å². The number of pyridine rings is 1. The van der Waals surface area contributed by atoms with Gasteiger partial charge in [-0.1, -0.05) is 34.1 Å². The number of nitrogens with zero attached hydrogens (tertiary/aromatic N) is 4. The molecular formula is C22H30N4OS2. The van der Waals surface area contributed by atoms with Crippen molar-refractivity contribution in [2.75, 3.05) is 18.8 Å². The van der Waals surface area contributed by atoms with Crippen LogP contribution in [0.1, 0.15) is 62.4 Å². The molecule has 2 aliphatic rings. The molecule has 2 aromatic heterocycles. The fraction of sp³-hybridized carbons (Fsp3) is 0.591. The summed E-state index contributed by atoms with van der Waals surface area (Å²) in [5.74, 6) is 3.20. The molecule has 1 atom stereocenters. The molecule has 156 valence electrons. The Morgan fingerprint density at radius 1 is 1.10 bits per heavy atom. The maximum atomic E-state index is 12.6. The first-order chi connectivity index (χ1) is 14.3. The van der Waals surface area contributed by atoms with E-state index in [1.807, 2.05) is 52.3 Å². The zero-order chi connectivity index (χ0) is 19.9. The van der Waals surface area contributed by atoms with Crippen LogP contribution < -0.4 is 0 Å². The first-order valence-electron chi connectivity index (χ1n) is 10.8. The lowest BCUT2D eigenvalue weighted by molar-refractivity contribution is -0.132. The van der Waals surface area contributed by atoms with E-state index in [9.17, 15) is 4.79 Å². The third-order valence-electron chi connectivity index (χ3n) is 5.91. The second-order valence-electron chi connectivity index (χ2n) is 7.96. The predicted molar refractivity (Wildman–Crippen MR) is 121 cm³/mol. The zero-order valence-electron chi connectivity index (χ0n) is 16.9. The summed E-state index contributed by atoms with van der Waals surface area (Å²) in [4.78, 5) is 23.7. The van der Waals surface area contributed by atoms with E-state index in [0.717, 1.165) is 55.7 Å². The van der Waals surface area contributed by atoms with Crippen molar-refractivity contribution in [3.63, 3.8) is 0 Å². The van der Waals surface area contributed by atoms with Gasteiger partial charge in [0.1, 0.15) is 5.82 Å². The van der Waals surface area contributed by atoms with Crippen molar-refractivity contribution in [2.24, 2.45) is 0 Å². The number of hydrogen-bond donors (Lipinski definition) is 0. The lowest BCUT2D eigenvalue weighted by Gasteiger charge is -2.32. The van der Waals surface area contributed by atoms with Gasteiger partial charge in [0, 0.05) is 55.0 Å². The summed E-state index contributed by atoms with van der Waals surface area (Å²) in [5.41, 5.74) is 1.05. The predicted octanol–water partition coefficient (Wildman–Crippen LogP) is 4.75. The number of carbonyl (C=O) groups excluding carboxylic acids is 1. The summed E-state index contributed by atoms with van der Waals surface area (Å²) in [6, 6.07) is 6.02. The van der Waals surface area contributed by atoms with Gasteiger partial charge in [-0.25, -0.2) is 4.98 Å². The lowest BCUT2D eigenvalue weighted by atomic mass is 9.95. The van der Waals surface area contributed by atoms with Crippen LogP contribution >= 0.6 is 21.6 Å². The van der Waals surface area contributed by atoms with Gasteiger partial charge in [-0.05, 0) is 44.2 Å². The first-order valence-corrected chi connectivity index (χ1v) is 13.1. The number of hydrogen-bond acceptors (Lipinski definition) is 5. The van der Waals surface area contributed by atoms with Crippen LogP contribution in [0, 0.1) is 0 Å². The number of piperidine rings is 1. The summed E-state index contributed by atoms with van der Waals surface area (Å²) in [6.45, 7) is 2.47. The molecule has 7 heteroatoms. The van der Waals surface area contributed by atoms with Crippen LogP contribution in [0.2, 0.25) is 0 Å². The molecule has 2 aromatic rings. The number of amides is 1. The van der Waals surface area contributed by atoms with Gasteiger partial charge in [0.05, 0.1) is 12.2 Å². The summed E-state index contributed by atoms with van der Waals surface area (Å²) in [5, 5.41) is 0.820. The molecule has 0 bridgehead atoms. The lowest BCUT2D eigenvalue weighted by Crippen LogP contribution is -2.38. The highest BCUT2D eigenvalue weighted by molar-refractivity contribution is 8.77. The highest BCUT2D eigenvalue weighted by atomic mass is 33.1. The van der Waals surface area contributed by atoms with E-state index in [4.69, 9.17) is 0 Å². The minimum Gasteiger partial charge on any atom is -0.343 e. The molecule has 0 saturated carbocycles. The first kappa shape index (κ1) is 20.8. The van der Waals surface area contributed by atoms with Crippen molar-refractivity contribution in [3.8, 4) is 0 Å². The smallest absolute Gasteiger partial charge is 0.222 e. The number of imidazole rings is 1. The Hall–Kier alpha value is -1.47. The van der Waals surface area contributed by atoms with E-state index in [1.165, 1.54) is 25.0 Å². The molecule has 2 saturated heterocycles. The maximum Gasteiger partial charge on any atom is 0.222 e. The molecule has 2 fully saturated rings. The number of carbonyl (C=O) groups is 1. The average molecular weight is 431 g/mol. The fourth-order valence-electron chi connectivity index (χ4n) is 4.24. The van der Waals surface area contributed by atoms with Gasteiger partial charge in [0.2, 0.25) is 5.91 Å². The third kappa shape index (κ3) is 5.79. The van der Waals surface area contributed by atoms with Crippen molar-refractivity contribution < 1.29 is 4.79 Å². The Kier molecular flexibility index (Phi) is 7.55. The maximum absolute atomic E-state index is 12.6. The Bertz CT molecular complexity index is 768. The SMILES string of the molecule is O=C(CCCCC1CCSS1)N1CCC(c2nccn2Cc2ccccn2)CC1. The van der Waals surface area contributed by atoms with Crippen LogP contribution in [-0.4, -0.2) is 49.4 Å². The summed E-state index contributed by atoms with van der Waals surface area (Å²) in [7, 11) is 4.04. The second-order valence-corrected chi connectivity index (χ2v) is 10.8. The number of rotatable bonds is 8. The molecular weight excluding hydrogens is 400 g/mol. The Morgan fingerprint density at radius 2 is 2.00 bits per heavy atom. The van der Waals surface area contributed by atoms with Crippen LogP contribution in [-0.2, 0) is 11.3 Å². The van der Waals surface area contributed by atoms with E-state index in [0.29, 0.717) is 18.2 Å². The van der Waals surface area contributed by atoms with E-state index in [2.05, 4.69) is 25.5 Å². The van der Waals surface area contributed by atoms with Crippen LogP contribution in [0.15, 0.2) is 36.8 Å². The van der Waals surface area contributed by atoms with Crippen LogP contribution in [0.5, 0.6) is 0 Å². The molecule has 0 aliphatic carbocycles. The molecule has 4 heterocycles. The highest BCUT2D eigenvalue weighted by Gasteiger charge is 2.26. The molecule has 0 radical (unpaired) electrons. The fourth-order valence-corrected chi connectivity index (χ4v) is 7.27. The topological polar surface area (TPSA) is 51.0 Å². The highest BCUT2D eigenvalue weighted by Crippen LogP contribution is 2.40. The number of unbranched alkanes of at least 4 members (excludes halogenated alkanes) is 1. The van der Waals surface area contributed by atoms with Gasteiger partial charge in [-0.15, -0.1) is 0 Å². The van der Waals surface area contributed by atoms with E-state index >= 15 is 0 Å². The number of aromatic nitrogens is 3. The molecule has 1 unspecified atom stereocenters. The summed E-state index contributed by atoms with van der Waals surface area (Å²) < 4.78 is 2.21. The second kappa shape index (κ2) is 10.5. The van der Waals surface area contributed by atoms with Gasteiger partial charge in [0.25, 0.3) is 0 Å². The molecule has 29 heavy (non-hydrogen) atoms. The minimum absolute atomic E-state index is 0.341. The zero-order valence-corrected chi connectivity index (χ0v) is 18.5. The largest absolute Gasteiger partial charge is 0.343 e.